The average Bonchev–Trinajstić information content (AvgIpc) is 3.06. The molecule has 1 saturated heterocycles. The number of halogens is 2. The van der Waals surface area contributed by atoms with Gasteiger partial charge in [-0.15, -0.1) is 10.2 Å². The Balaban J connectivity index is 1.47. The third-order valence-corrected chi connectivity index (χ3v) is 6.85. The van der Waals surface area contributed by atoms with Crippen LogP contribution in [-0.2, 0) is 11.3 Å². The Bertz CT molecular complexity index is 763. The normalized spacial score (nSPS) is 16.0. The van der Waals surface area contributed by atoms with Crippen LogP contribution in [0.1, 0.15) is 25.3 Å². The van der Waals surface area contributed by atoms with E-state index in [1.54, 1.807) is 11.8 Å². The molecule has 26 heavy (non-hydrogen) atoms. The highest BCUT2D eigenvalue weighted by Gasteiger charge is 2.25. The van der Waals surface area contributed by atoms with Crippen LogP contribution in [0.5, 0.6) is 0 Å². The zero-order chi connectivity index (χ0) is 18.5. The first-order valence-electron chi connectivity index (χ1n) is 8.48. The fraction of sp³-hybridized carbons (Fsp3) is 0.471. The zero-order valence-corrected chi connectivity index (χ0v) is 17.5. The summed E-state index contributed by atoms with van der Waals surface area (Å²) >= 11 is 15.1. The number of piperidine rings is 1. The molecule has 0 spiro atoms. The fourth-order valence-electron chi connectivity index (χ4n) is 2.90. The molecule has 0 atom stereocenters. The molecule has 0 saturated carbocycles. The molecule has 0 radical (unpaired) electrons. The Hall–Kier alpha value is -0.860. The molecular weight excluding hydrogens is 411 g/mol. The number of hydrogen-bond donors (Lipinski definition) is 1. The van der Waals surface area contributed by atoms with Gasteiger partial charge in [0.05, 0.1) is 10.0 Å². The van der Waals surface area contributed by atoms with Gasteiger partial charge in [-0.1, -0.05) is 59.3 Å². The highest BCUT2D eigenvalue weighted by Crippen LogP contribution is 2.27. The van der Waals surface area contributed by atoms with Crippen molar-refractivity contribution >= 4 is 57.3 Å². The Morgan fingerprint density at radius 1 is 1.31 bits per heavy atom. The smallest absolute Gasteiger partial charge is 0.229 e. The van der Waals surface area contributed by atoms with Crippen molar-refractivity contribution in [1.29, 1.82) is 0 Å². The first-order valence-corrected chi connectivity index (χ1v) is 11.0. The lowest BCUT2D eigenvalue weighted by Crippen LogP contribution is -2.37. The van der Waals surface area contributed by atoms with Crippen LogP contribution in [0.4, 0.5) is 5.13 Å². The van der Waals surface area contributed by atoms with Gasteiger partial charge < -0.3 is 5.32 Å². The number of carbonyl (C=O) groups excluding carboxylic acids is 1. The maximum Gasteiger partial charge on any atom is 0.229 e. The predicted octanol–water partition coefficient (Wildman–Crippen LogP) is 4.81. The van der Waals surface area contributed by atoms with E-state index in [1.807, 2.05) is 18.2 Å². The maximum atomic E-state index is 12.5. The van der Waals surface area contributed by atoms with Gasteiger partial charge in [0, 0.05) is 12.5 Å². The van der Waals surface area contributed by atoms with Gasteiger partial charge in [-0.2, -0.15) is 0 Å². The summed E-state index contributed by atoms with van der Waals surface area (Å²) < 4.78 is 0.888. The first kappa shape index (κ1) is 19.9. The van der Waals surface area contributed by atoms with Crippen LogP contribution < -0.4 is 5.32 Å². The lowest BCUT2D eigenvalue weighted by atomic mass is 9.95. The largest absolute Gasteiger partial charge is 0.300 e. The van der Waals surface area contributed by atoms with Crippen LogP contribution in [0.2, 0.25) is 10.0 Å². The molecule has 1 aliphatic heterocycles. The van der Waals surface area contributed by atoms with E-state index in [-0.39, 0.29) is 11.8 Å². The molecule has 1 N–H and O–H groups in total. The molecule has 3 rings (SSSR count). The molecule has 9 heteroatoms. The van der Waals surface area contributed by atoms with E-state index in [4.69, 9.17) is 23.2 Å². The number of hydrogen-bond acceptors (Lipinski definition) is 6. The quantitative estimate of drug-likeness (QED) is 0.526. The van der Waals surface area contributed by atoms with Gasteiger partial charge >= 0.3 is 0 Å². The van der Waals surface area contributed by atoms with Gasteiger partial charge in [0.15, 0.2) is 4.34 Å². The molecule has 0 unspecified atom stereocenters. The topological polar surface area (TPSA) is 58.1 Å². The van der Waals surface area contributed by atoms with Crippen molar-refractivity contribution in [3.63, 3.8) is 0 Å². The molecule has 2 aromatic rings. The van der Waals surface area contributed by atoms with E-state index >= 15 is 0 Å². The van der Waals surface area contributed by atoms with Gasteiger partial charge in [-0.05, 0) is 49.4 Å². The third kappa shape index (κ3) is 5.33. The van der Waals surface area contributed by atoms with Crippen LogP contribution in [0.15, 0.2) is 22.5 Å². The molecule has 1 fully saturated rings. The number of aromatic nitrogens is 2. The standard InChI is InChI=1S/C17H20Cl2N4OS2/c1-2-25-17-22-21-16(26-17)20-15(24)12-5-7-23(8-6-12)10-11-3-4-13(18)14(19)9-11/h3-4,9,12H,2,5-8,10H2,1H3,(H,20,21,24). The van der Waals surface area contributed by atoms with Gasteiger partial charge in [0.2, 0.25) is 11.0 Å². The van der Waals surface area contributed by atoms with Crippen LogP contribution in [0.25, 0.3) is 0 Å². The lowest BCUT2D eigenvalue weighted by molar-refractivity contribution is -0.121. The number of amides is 1. The van der Waals surface area contributed by atoms with Crippen molar-refractivity contribution in [1.82, 2.24) is 15.1 Å². The molecule has 0 bridgehead atoms. The van der Waals surface area contributed by atoms with Crippen molar-refractivity contribution in [2.75, 3.05) is 24.2 Å². The zero-order valence-electron chi connectivity index (χ0n) is 14.4. The third-order valence-electron chi connectivity index (χ3n) is 4.25. The number of anilines is 1. The van der Waals surface area contributed by atoms with E-state index in [2.05, 4.69) is 27.3 Å². The number of benzene rings is 1. The van der Waals surface area contributed by atoms with Gasteiger partial charge in [0.25, 0.3) is 0 Å². The van der Waals surface area contributed by atoms with Crippen LogP contribution in [0.3, 0.4) is 0 Å². The Labute approximate surface area is 171 Å². The summed E-state index contributed by atoms with van der Waals surface area (Å²) in [5.74, 6) is 1.01. The van der Waals surface area contributed by atoms with E-state index in [0.29, 0.717) is 15.2 Å². The number of rotatable bonds is 6. The molecule has 140 valence electrons. The Kier molecular flexibility index (Phi) is 7.17. The summed E-state index contributed by atoms with van der Waals surface area (Å²) in [6.07, 6.45) is 1.67. The molecule has 2 heterocycles. The number of carbonyl (C=O) groups is 1. The van der Waals surface area contributed by atoms with Crippen LogP contribution >= 0.6 is 46.3 Å². The molecule has 1 amide bonds. The van der Waals surface area contributed by atoms with Crippen LogP contribution in [-0.4, -0.2) is 39.8 Å². The minimum atomic E-state index is 0.0197. The summed E-state index contributed by atoms with van der Waals surface area (Å²) in [7, 11) is 0. The molecule has 1 aliphatic rings. The lowest BCUT2D eigenvalue weighted by Gasteiger charge is -2.31. The van der Waals surface area contributed by atoms with Crippen molar-refractivity contribution in [3.05, 3.63) is 33.8 Å². The number of thioether (sulfide) groups is 1. The van der Waals surface area contributed by atoms with E-state index in [9.17, 15) is 4.79 Å². The van der Waals surface area contributed by atoms with Crippen molar-refractivity contribution in [2.24, 2.45) is 5.92 Å². The molecule has 1 aromatic carbocycles. The Morgan fingerprint density at radius 3 is 2.77 bits per heavy atom. The monoisotopic (exact) mass is 430 g/mol. The summed E-state index contributed by atoms with van der Waals surface area (Å²) in [4.78, 5) is 14.8. The SMILES string of the molecule is CCSc1nnc(NC(=O)C2CCN(Cc3ccc(Cl)c(Cl)c3)CC2)s1. The van der Waals surface area contributed by atoms with E-state index in [1.165, 1.54) is 11.3 Å². The summed E-state index contributed by atoms with van der Waals surface area (Å²) in [6, 6.07) is 5.73. The second kappa shape index (κ2) is 9.37. The van der Waals surface area contributed by atoms with Crippen molar-refractivity contribution in [2.45, 2.75) is 30.6 Å². The van der Waals surface area contributed by atoms with Crippen molar-refractivity contribution in [3.8, 4) is 0 Å². The van der Waals surface area contributed by atoms with Crippen LogP contribution in [0, 0.1) is 5.92 Å². The summed E-state index contributed by atoms with van der Waals surface area (Å²) in [5.41, 5.74) is 1.14. The summed E-state index contributed by atoms with van der Waals surface area (Å²) in [6.45, 7) is 4.64. The molecule has 1 aromatic heterocycles. The average molecular weight is 431 g/mol. The second-order valence-electron chi connectivity index (χ2n) is 6.09. The van der Waals surface area contributed by atoms with Gasteiger partial charge in [-0.3, -0.25) is 9.69 Å². The number of nitrogens with one attached hydrogen (secondary N) is 1. The number of likely N-dealkylation sites (tertiary alicyclic amines) is 1. The Morgan fingerprint density at radius 2 is 2.08 bits per heavy atom. The minimum absolute atomic E-state index is 0.0197. The fourth-order valence-corrected chi connectivity index (χ4v) is 4.87. The minimum Gasteiger partial charge on any atom is -0.300 e. The number of nitrogens with zero attached hydrogens (tertiary/aromatic N) is 3. The first-order chi connectivity index (χ1) is 12.5. The molecule has 5 nitrogen and oxygen atoms in total. The predicted molar refractivity (Wildman–Crippen MR) is 109 cm³/mol. The highest BCUT2D eigenvalue weighted by atomic mass is 35.5. The maximum absolute atomic E-state index is 12.5. The molecular formula is C17H20Cl2N4OS2. The molecule has 0 aliphatic carbocycles. The second-order valence-corrected chi connectivity index (χ2v) is 9.40. The van der Waals surface area contributed by atoms with Gasteiger partial charge in [0.1, 0.15) is 0 Å². The van der Waals surface area contributed by atoms with Crippen molar-refractivity contribution < 1.29 is 4.79 Å². The highest BCUT2D eigenvalue weighted by molar-refractivity contribution is 8.01. The summed E-state index contributed by atoms with van der Waals surface area (Å²) in [5, 5.41) is 12.8. The van der Waals surface area contributed by atoms with Gasteiger partial charge in [-0.25, -0.2) is 0 Å². The van der Waals surface area contributed by atoms with E-state index < -0.39 is 0 Å². The van der Waals surface area contributed by atoms with E-state index in [0.717, 1.165) is 48.1 Å².